The van der Waals surface area contributed by atoms with E-state index < -0.39 is 0 Å². The molecule has 1 radical (unpaired) electrons. The molecule has 2 rings (SSSR count). The zero-order valence-corrected chi connectivity index (χ0v) is 8.49. The fraction of sp³-hybridized carbons (Fsp3) is 0.0714. The molecule has 0 N–H and O–H groups in total. The van der Waals surface area contributed by atoms with Crippen LogP contribution in [-0.4, -0.2) is 0 Å². The minimum Gasteiger partial charge on any atom is -0.192 e. The Kier molecular flexibility index (Phi) is 2.51. The molecule has 0 aromatic heterocycles. The zero-order valence-electron chi connectivity index (χ0n) is 8.49. The fourth-order valence-corrected chi connectivity index (χ4v) is 1.49. The lowest BCUT2D eigenvalue weighted by Gasteiger charge is -2.03. The van der Waals surface area contributed by atoms with Crippen LogP contribution in [-0.2, 0) is 0 Å². The smallest absolute Gasteiger partial charge is 0.0998 e. The van der Waals surface area contributed by atoms with Gasteiger partial charge >= 0.3 is 0 Å². The van der Waals surface area contributed by atoms with Crippen molar-refractivity contribution >= 4 is 0 Å². The van der Waals surface area contributed by atoms with Gasteiger partial charge in [0.1, 0.15) is 0 Å². The van der Waals surface area contributed by atoms with Crippen LogP contribution >= 0.6 is 0 Å². The second-order valence-corrected chi connectivity index (χ2v) is 3.44. The summed E-state index contributed by atoms with van der Waals surface area (Å²) < 4.78 is 0. The molecule has 0 heterocycles. The number of nitriles is 1. The van der Waals surface area contributed by atoms with Crippen molar-refractivity contribution in [3.05, 3.63) is 59.7 Å². The van der Waals surface area contributed by atoms with Crippen LogP contribution in [0.15, 0.2) is 42.5 Å². The van der Waals surface area contributed by atoms with Gasteiger partial charge in [0.15, 0.2) is 0 Å². The molecule has 0 fully saturated rings. The minimum atomic E-state index is 0.692. The Balaban J connectivity index is 2.55. The second kappa shape index (κ2) is 3.98. The predicted molar refractivity (Wildman–Crippen MR) is 60.2 cm³/mol. The first-order chi connectivity index (χ1) is 7.31. The molecule has 0 spiro atoms. The first kappa shape index (κ1) is 9.48. The van der Waals surface area contributed by atoms with Crippen molar-refractivity contribution in [1.82, 2.24) is 0 Å². The molecule has 71 valence electrons. The standard InChI is InChI=1S/C14H10N/c1-11-6-8-12(9-7-11)14-5-3-2-4-13(14)10-15/h2-8H,1H3. The van der Waals surface area contributed by atoms with E-state index in [1.807, 2.05) is 49.4 Å². The van der Waals surface area contributed by atoms with E-state index in [0.717, 1.165) is 11.1 Å². The van der Waals surface area contributed by atoms with Crippen LogP contribution in [0.25, 0.3) is 11.1 Å². The molecule has 0 aliphatic rings. The van der Waals surface area contributed by atoms with Crippen molar-refractivity contribution < 1.29 is 0 Å². The SMILES string of the molecule is Cc1c[c]c(-c2ccccc2C#N)cc1. The third kappa shape index (κ3) is 1.89. The first-order valence-electron chi connectivity index (χ1n) is 4.79. The third-order valence-corrected chi connectivity index (χ3v) is 2.31. The summed E-state index contributed by atoms with van der Waals surface area (Å²) in [6.07, 6.45) is 0. The van der Waals surface area contributed by atoms with E-state index in [0.29, 0.717) is 5.56 Å². The number of benzene rings is 2. The monoisotopic (exact) mass is 192 g/mol. The summed E-state index contributed by atoms with van der Waals surface area (Å²) in [6.45, 7) is 2.02. The molecule has 1 nitrogen and oxygen atoms in total. The quantitative estimate of drug-likeness (QED) is 0.679. The average Bonchev–Trinajstić information content (AvgIpc) is 2.30. The number of hydrogen-bond acceptors (Lipinski definition) is 1. The normalized spacial score (nSPS) is 9.60. The van der Waals surface area contributed by atoms with Gasteiger partial charge in [0.05, 0.1) is 11.6 Å². The number of hydrogen-bond donors (Lipinski definition) is 0. The van der Waals surface area contributed by atoms with Crippen molar-refractivity contribution in [3.8, 4) is 17.2 Å². The highest BCUT2D eigenvalue weighted by molar-refractivity contribution is 5.69. The van der Waals surface area contributed by atoms with Crippen molar-refractivity contribution in [1.29, 1.82) is 5.26 Å². The van der Waals surface area contributed by atoms with Crippen LogP contribution in [0.5, 0.6) is 0 Å². The molecular formula is C14H10N. The van der Waals surface area contributed by atoms with E-state index in [-0.39, 0.29) is 0 Å². The van der Waals surface area contributed by atoms with Gasteiger partial charge in [-0.05, 0) is 24.6 Å². The highest BCUT2D eigenvalue weighted by Crippen LogP contribution is 2.22. The zero-order chi connectivity index (χ0) is 10.7. The maximum atomic E-state index is 8.97. The van der Waals surface area contributed by atoms with Crippen LogP contribution in [0.2, 0.25) is 0 Å². The van der Waals surface area contributed by atoms with Crippen LogP contribution in [0.4, 0.5) is 0 Å². The third-order valence-electron chi connectivity index (χ3n) is 2.31. The fourth-order valence-electron chi connectivity index (χ4n) is 1.49. The molecular weight excluding hydrogens is 182 g/mol. The molecule has 2 aromatic carbocycles. The molecule has 0 saturated carbocycles. The van der Waals surface area contributed by atoms with E-state index in [2.05, 4.69) is 12.1 Å². The average molecular weight is 192 g/mol. The van der Waals surface area contributed by atoms with Crippen LogP contribution in [0.3, 0.4) is 0 Å². The van der Waals surface area contributed by atoms with Gasteiger partial charge in [-0.15, -0.1) is 0 Å². The molecule has 0 unspecified atom stereocenters. The van der Waals surface area contributed by atoms with Crippen LogP contribution in [0.1, 0.15) is 11.1 Å². The number of nitrogens with zero attached hydrogens (tertiary/aromatic N) is 1. The van der Waals surface area contributed by atoms with Gasteiger partial charge in [0, 0.05) is 5.56 Å². The van der Waals surface area contributed by atoms with E-state index in [1.165, 1.54) is 5.56 Å². The van der Waals surface area contributed by atoms with E-state index >= 15 is 0 Å². The lowest BCUT2D eigenvalue weighted by molar-refractivity contribution is 1.44. The lowest BCUT2D eigenvalue weighted by Crippen LogP contribution is -1.83. The summed E-state index contributed by atoms with van der Waals surface area (Å²) >= 11 is 0. The highest BCUT2D eigenvalue weighted by Gasteiger charge is 2.02. The molecule has 15 heavy (non-hydrogen) atoms. The van der Waals surface area contributed by atoms with Gasteiger partial charge in [-0.1, -0.05) is 42.0 Å². The largest absolute Gasteiger partial charge is 0.192 e. The van der Waals surface area contributed by atoms with Crippen molar-refractivity contribution in [2.24, 2.45) is 0 Å². The van der Waals surface area contributed by atoms with Gasteiger partial charge < -0.3 is 0 Å². The topological polar surface area (TPSA) is 23.8 Å². The Morgan fingerprint density at radius 1 is 1.13 bits per heavy atom. The Hall–Kier alpha value is -2.07. The maximum Gasteiger partial charge on any atom is 0.0998 e. The predicted octanol–water partition coefficient (Wildman–Crippen LogP) is 3.33. The first-order valence-corrected chi connectivity index (χ1v) is 4.79. The molecule has 0 atom stereocenters. The molecule has 0 bridgehead atoms. The molecule has 0 aliphatic heterocycles. The van der Waals surface area contributed by atoms with E-state index in [9.17, 15) is 0 Å². The molecule has 0 amide bonds. The van der Waals surface area contributed by atoms with Crippen molar-refractivity contribution in [2.75, 3.05) is 0 Å². The second-order valence-electron chi connectivity index (χ2n) is 3.44. The molecule has 0 aliphatic carbocycles. The number of aryl methyl sites for hydroxylation is 1. The molecule has 1 heteroatoms. The van der Waals surface area contributed by atoms with Gasteiger partial charge in [0.2, 0.25) is 0 Å². The van der Waals surface area contributed by atoms with Crippen LogP contribution in [0, 0.1) is 24.3 Å². The summed E-state index contributed by atoms with van der Waals surface area (Å²) in [5.41, 5.74) is 3.78. The highest BCUT2D eigenvalue weighted by atomic mass is 14.2. The Labute approximate surface area is 89.6 Å². The van der Waals surface area contributed by atoms with Crippen molar-refractivity contribution in [3.63, 3.8) is 0 Å². The van der Waals surface area contributed by atoms with Gasteiger partial charge in [-0.2, -0.15) is 5.26 Å². The van der Waals surface area contributed by atoms with Crippen molar-refractivity contribution in [2.45, 2.75) is 6.92 Å². The van der Waals surface area contributed by atoms with Gasteiger partial charge in [0.25, 0.3) is 0 Å². The van der Waals surface area contributed by atoms with Gasteiger partial charge in [-0.25, -0.2) is 0 Å². The minimum absolute atomic E-state index is 0.692. The summed E-state index contributed by atoms with van der Waals surface area (Å²) in [6, 6.07) is 18.9. The molecule has 0 saturated heterocycles. The van der Waals surface area contributed by atoms with E-state index in [1.54, 1.807) is 0 Å². The molecule has 2 aromatic rings. The van der Waals surface area contributed by atoms with Crippen LogP contribution < -0.4 is 0 Å². The summed E-state index contributed by atoms with van der Waals surface area (Å²) in [5.74, 6) is 0. The van der Waals surface area contributed by atoms with E-state index in [4.69, 9.17) is 5.26 Å². The Morgan fingerprint density at radius 2 is 1.93 bits per heavy atom. The summed E-state index contributed by atoms with van der Waals surface area (Å²) in [7, 11) is 0. The van der Waals surface area contributed by atoms with Gasteiger partial charge in [-0.3, -0.25) is 0 Å². The number of rotatable bonds is 1. The summed E-state index contributed by atoms with van der Waals surface area (Å²) in [4.78, 5) is 0. The summed E-state index contributed by atoms with van der Waals surface area (Å²) in [5, 5.41) is 8.97. The Bertz CT molecular complexity index is 504. The lowest BCUT2D eigenvalue weighted by atomic mass is 10.00. The Morgan fingerprint density at radius 3 is 2.60 bits per heavy atom. The maximum absolute atomic E-state index is 8.97.